The highest BCUT2D eigenvalue weighted by molar-refractivity contribution is 5.90. The van der Waals surface area contributed by atoms with E-state index >= 15 is 0 Å². The number of epoxide rings is 1. The van der Waals surface area contributed by atoms with Crippen LogP contribution in [0.2, 0.25) is 0 Å². The fourth-order valence-corrected chi connectivity index (χ4v) is 2.14. The van der Waals surface area contributed by atoms with Crippen molar-refractivity contribution in [2.45, 2.75) is 32.0 Å². The molecule has 1 aromatic carbocycles. The molecule has 1 aromatic rings. The van der Waals surface area contributed by atoms with Crippen molar-refractivity contribution in [3.63, 3.8) is 0 Å². The number of hydrogen-bond donors (Lipinski definition) is 0. The second kappa shape index (κ2) is 2.67. The molecule has 74 valence electrons. The number of carbonyl (C=O) groups excluding carboxylic acids is 1. The number of Topliss-reactive ketones (excluding diaryl/α,β-unsaturated/α-hetero) is 1. The predicted octanol–water partition coefficient (Wildman–Crippen LogP) is 2.28. The molecule has 1 saturated heterocycles. The first-order chi connectivity index (χ1) is 6.51. The van der Waals surface area contributed by atoms with Gasteiger partial charge in [-0.3, -0.25) is 4.79 Å². The monoisotopic (exact) mass is 190 g/mol. The predicted molar refractivity (Wildman–Crippen MR) is 54.0 cm³/mol. The normalized spacial score (nSPS) is 28.5. The van der Waals surface area contributed by atoms with Crippen LogP contribution >= 0.6 is 0 Å². The third-order valence-electron chi connectivity index (χ3n) is 2.89. The molecular weight excluding hydrogens is 176 g/mol. The van der Waals surface area contributed by atoms with Gasteiger partial charge in [-0.15, -0.1) is 0 Å². The molecule has 0 spiro atoms. The molecule has 14 heavy (non-hydrogen) atoms. The van der Waals surface area contributed by atoms with Crippen molar-refractivity contribution < 1.29 is 9.53 Å². The van der Waals surface area contributed by atoms with Crippen molar-refractivity contribution in [1.82, 2.24) is 0 Å². The highest BCUT2D eigenvalue weighted by Crippen LogP contribution is 2.55. The van der Waals surface area contributed by atoms with Crippen molar-refractivity contribution in [2.75, 3.05) is 0 Å². The number of benzene rings is 1. The minimum atomic E-state index is -0.700. The zero-order valence-electron chi connectivity index (χ0n) is 8.70. The van der Waals surface area contributed by atoms with E-state index in [-0.39, 0.29) is 11.4 Å². The van der Waals surface area contributed by atoms with Gasteiger partial charge in [-0.05, 0) is 26.3 Å². The fraction of sp³-hybridized carbons (Fsp3) is 0.417. The summed E-state index contributed by atoms with van der Waals surface area (Å²) in [4.78, 5) is 11.6. The lowest BCUT2D eigenvalue weighted by Gasteiger charge is -2.11. The van der Waals surface area contributed by atoms with E-state index in [1.54, 1.807) is 6.92 Å². The van der Waals surface area contributed by atoms with E-state index in [4.69, 9.17) is 4.74 Å². The second-order valence-electron chi connectivity index (χ2n) is 4.22. The molecule has 0 aromatic heterocycles. The lowest BCUT2D eigenvalue weighted by molar-refractivity contribution is -0.122. The molecule has 0 N–H and O–H groups in total. The first-order valence-corrected chi connectivity index (χ1v) is 4.77. The van der Waals surface area contributed by atoms with Gasteiger partial charge in [-0.1, -0.05) is 30.3 Å². The number of ether oxygens (including phenoxy) is 1. The van der Waals surface area contributed by atoms with Gasteiger partial charge >= 0.3 is 0 Å². The Bertz CT molecular complexity index is 367. The lowest BCUT2D eigenvalue weighted by atomic mass is 9.85. The number of ketones is 1. The Balaban J connectivity index is 2.47. The van der Waals surface area contributed by atoms with Crippen LogP contribution in [0, 0.1) is 0 Å². The second-order valence-corrected chi connectivity index (χ2v) is 4.22. The van der Waals surface area contributed by atoms with Crippen LogP contribution < -0.4 is 0 Å². The summed E-state index contributed by atoms with van der Waals surface area (Å²) in [7, 11) is 0. The minimum Gasteiger partial charge on any atom is -0.350 e. The van der Waals surface area contributed by atoms with Gasteiger partial charge in [0.25, 0.3) is 0 Å². The Morgan fingerprint density at radius 3 is 2.07 bits per heavy atom. The highest BCUT2D eigenvalue weighted by Gasteiger charge is 2.68. The maximum Gasteiger partial charge on any atom is 0.180 e. The highest BCUT2D eigenvalue weighted by atomic mass is 16.6. The van der Waals surface area contributed by atoms with E-state index in [1.807, 2.05) is 44.2 Å². The minimum absolute atomic E-state index is 0.0775. The summed E-state index contributed by atoms with van der Waals surface area (Å²) in [5.74, 6) is 0.0775. The lowest BCUT2D eigenvalue weighted by Crippen LogP contribution is -2.26. The molecule has 2 nitrogen and oxygen atoms in total. The quantitative estimate of drug-likeness (QED) is 0.669. The standard InChI is InChI=1S/C12H14O2/c1-9(13)12(11(2,3)14-12)10-7-5-4-6-8-10/h4-8H,1-3H3. The molecule has 1 fully saturated rings. The third kappa shape index (κ3) is 1.04. The summed E-state index contributed by atoms with van der Waals surface area (Å²) < 4.78 is 5.59. The molecule has 1 unspecified atom stereocenters. The van der Waals surface area contributed by atoms with Crippen molar-refractivity contribution in [3.8, 4) is 0 Å². The van der Waals surface area contributed by atoms with Crippen LogP contribution in [0.1, 0.15) is 26.3 Å². The first-order valence-electron chi connectivity index (χ1n) is 4.77. The molecule has 1 aliphatic heterocycles. The van der Waals surface area contributed by atoms with Crippen LogP contribution in [0.15, 0.2) is 30.3 Å². The van der Waals surface area contributed by atoms with Gasteiger partial charge in [0, 0.05) is 0 Å². The van der Waals surface area contributed by atoms with E-state index in [1.165, 1.54) is 0 Å². The largest absolute Gasteiger partial charge is 0.350 e. The maximum absolute atomic E-state index is 11.6. The Hall–Kier alpha value is -1.15. The smallest absolute Gasteiger partial charge is 0.180 e. The molecule has 2 heteroatoms. The summed E-state index contributed by atoms with van der Waals surface area (Å²) in [6, 6.07) is 9.68. The Morgan fingerprint density at radius 2 is 1.71 bits per heavy atom. The molecule has 2 rings (SSSR count). The van der Waals surface area contributed by atoms with Crippen molar-refractivity contribution in [1.29, 1.82) is 0 Å². The molecule has 0 amide bonds. The van der Waals surface area contributed by atoms with E-state index in [2.05, 4.69) is 0 Å². The Morgan fingerprint density at radius 1 is 1.21 bits per heavy atom. The molecule has 0 bridgehead atoms. The van der Waals surface area contributed by atoms with Crippen LogP contribution in [-0.2, 0) is 15.1 Å². The average Bonchev–Trinajstić information content (AvgIpc) is 2.72. The van der Waals surface area contributed by atoms with Crippen LogP contribution in [0.5, 0.6) is 0 Å². The zero-order chi connectivity index (χ0) is 10.4. The van der Waals surface area contributed by atoms with E-state index in [9.17, 15) is 4.79 Å². The van der Waals surface area contributed by atoms with Crippen LogP contribution in [0.25, 0.3) is 0 Å². The molecule has 1 atom stereocenters. The number of carbonyl (C=O) groups is 1. The molecular formula is C12H14O2. The molecule has 1 heterocycles. The van der Waals surface area contributed by atoms with Gasteiger partial charge in [0.15, 0.2) is 11.4 Å². The van der Waals surface area contributed by atoms with E-state index in [0.717, 1.165) is 5.56 Å². The van der Waals surface area contributed by atoms with E-state index in [0.29, 0.717) is 0 Å². The summed E-state index contributed by atoms with van der Waals surface area (Å²) in [6.07, 6.45) is 0. The Kier molecular flexibility index (Phi) is 1.80. The SMILES string of the molecule is CC(=O)C1(c2ccccc2)OC1(C)C. The summed E-state index contributed by atoms with van der Waals surface area (Å²) in [5.41, 5.74) is -0.105. The van der Waals surface area contributed by atoms with Gasteiger partial charge in [-0.25, -0.2) is 0 Å². The van der Waals surface area contributed by atoms with E-state index < -0.39 is 5.60 Å². The first kappa shape index (κ1) is 9.41. The zero-order valence-corrected chi connectivity index (χ0v) is 8.70. The molecule has 0 radical (unpaired) electrons. The van der Waals surface area contributed by atoms with Crippen molar-refractivity contribution in [3.05, 3.63) is 35.9 Å². The third-order valence-corrected chi connectivity index (χ3v) is 2.89. The van der Waals surface area contributed by atoms with Gasteiger partial charge in [0.2, 0.25) is 0 Å². The Labute approximate surface area is 83.9 Å². The fourth-order valence-electron chi connectivity index (χ4n) is 2.14. The van der Waals surface area contributed by atoms with Crippen molar-refractivity contribution >= 4 is 5.78 Å². The van der Waals surface area contributed by atoms with Crippen LogP contribution in [0.4, 0.5) is 0 Å². The molecule has 0 aliphatic carbocycles. The maximum atomic E-state index is 11.6. The summed E-state index contributed by atoms with van der Waals surface area (Å²) >= 11 is 0. The van der Waals surface area contributed by atoms with Crippen molar-refractivity contribution in [2.24, 2.45) is 0 Å². The summed E-state index contributed by atoms with van der Waals surface area (Å²) in [6.45, 7) is 5.48. The summed E-state index contributed by atoms with van der Waals surface area (Å²) in [5, 5.41) is 0. The van der Waals surface area contributed by atoms with Crippen LogP contribution in [-0.4, -0.2) is 11.4 Å². The number of hydrogen-bond acceptors (Lipinski definition) is 2. The van der Waals surface area contributed by atoms with Gasteiger partial charge < -0.3 is 4.74 Å². The van der Waals surface area contributed by atoms with Gasteiger partial charge in [-0.2, -0.15) is 0 Å². The molecule has 0 saturated carbocycles. The average molecular weight is 190 g/mol. The van der Waals surface area contributed by atoms with Gasteiger partial charge in [0.05, 0.1) is 0 Å². The topological polar surface area (TPSA) is 29.6 Å². The van der Waals surface area contributed by atoms with Crippen LogP contribution in [0.3, 0.4) is 0 Å². The number of rotatable bonds is 2. The molecule has 1 aliphatic rings. The van der Waals surface area contributed by atoms with Gasteiger partial charge in [0.1, 0.15) is 5.60 Å².